The van der Waals surface area contributed by atoms with Gasteiger partial charge in [0, 0.05) is 41.3 Å². The van der Waals surface area contributed by atoms with Crippen molar-refractivity contribution in [3.63, 3.8) is 0 Å². The number of nitrogens with zero attached hydrogens (tertiary/aromatic N) is 4. The maximum atomic E-state index is 14.6. The van der Waals surface area contributed by atoms with Crippen LogP contribution < -0.4 is 16.0 Å². The molecule has 2 aliphatic heterocycles. The lowest BCUT2D eigenvalue weighted by molar-refractivity contribution is -0.145. The third-order valence-corrected chi connectivity index (χ3v) is 10.1. The smallest absolute Gasteiger partial charge is 0.289 e. The second-order valence-electron chi connectivity index (χ2n) is 15.2. The third kappa shape index (κ3) is 8.30. The SMILES string of the molecule is CCC[C@H](NC(=O)[C@@H]1C[C@]2(CC(c3cccc(Cl)c3)=NO2)CN1C(=O)[C@@H](NC(=O)CCn1ncc2ccccc21)C(C)(C)C)C(=O)C(=O)NC1CC1. The number of likely N-dealkylation sites (tertiary alicyclic amines) is 1. The molecule has 0 bridgehead atoms. The molecule has 2 fully saturated rings. The molecule has 4 amide bonds. The number of ketones is 1. The first-order valence-corrected chi connectivity index (χ1v) is 18.3. The van der Waals surface area contributed by atoms with E-state index in [1.54, 1.807) is 23.0 Å². The predicted octanol–water partition coefficient (Wildman–Crippen LogP) is 3.91. The van der Waals surface area contributed by atoms with E-state index in [9.17, 15) is 24.0 Å². The standard InChI is InChI=1S/C38H46ClN7O6/c1-5-9-27(32(48)35(50)41-26-14-15-26)42-34(49)30-20-38(19-28(44-52-38)23-11-8-12-25(39)18-23)22-45(30)36(51)33(37(2,3)4)43-31(47)16-17-46-29-13-7-6-10-24(29)21-40-46/h6-8,10-13,18,21,26-27,30,33H,5,9,14-17,19-20,22H2,1-4H3,(H,41,50)(H,42,49)(H,43,47)/t27-,30-,33+,38+/m0/s1. The number of aromatic nitrogens is 2. The van der Waals surface area contributed by atoms with Gasteiger partial charge < -0.3 is 25.7 Å². The fraction of sp³-hybridized carbons (Fsp3) is 0.500. The molecule has 52 heavy (non-hydrogen) atoms. The Morgan fingerprint density at radius 1 is 1.06 bits per heavy atom. The van der Waals surface area contributed by atoms with Crippen molar-refractivity contribution in [1.29, 1.82) is 0 Å². The van der Waals surface area contributed by atoms with Crippen LogP contribution in [-0.2, 0) is 35.4 Å². The summed E-state index contributed by atoms with van der Waals surface area (Å²) in [5.41, 5.74) is 0.489. The number of para-hydroxylation sites is 1. The molecule has 4 atom stereocenters. The normalized spacial score (nSPS) is 21.0. The van der Waals surface area contributed by atoms with E-state index in [4.69, 9.17) is 16.4 Å². The van der Waals surface area contributed by atoms with Crippen LogP contribution in [-0.4, -0.2) is 86.1 Å². The number of hydrogen-bond donors (Lipinski definition) is 3. The van der Waals surface area contributed by atoms with Gasteiger partial charge in [-0.2, -0.15) is 5.10 Å². The van der Waals surface area contributed by atoms with Crippen molar-refractivity contribution in [2.75, 3.05) is 6.54 Å². The molecule has 2 aromatic carbocycles. The van der Waals surface area contributed by atoms with E-state index in [1.165, 1.54) is 4.90 Å². The van der Waals surface area contributed by atoms with Crippen molar-refractivity contribution >= 4 is 57.6 Å². The zero-order valence-corrected chi connectivity index (χ0v) is 30.7. The van der Waals surface area contributed by atoms with E-state index in [-0.39, 0.29) is 37.8 Å². The van der Waals surface area contributed by atoms with E-state index in [0.717, 1.165) is 29.3 Å². The van der Waals surface area contributed by atoms with Crippen molar-refractivity contribution < 1.29 is 28.8 Å². The number of nitrogens with one attached hydrogen (secondary N) is 3. The Morgan fingerprint density at radius 3 is 2.54 bits per heavy atom. The molecule has 13 nitrogen and oxygen atoms in total. The first-order chi connectivity index (χ1) is 24.8. The lowest BCUT2D eigenvalue weighted by Gasteiger charge is -2.35. The summed E-state index contributed by atoms with van der Waals surface area (Å²) in [6.45, 7) is 7.71. The van der Waals surface area contributed by atoms with Crippen LogP contribution in [0.4, 0.5) is 0 Å². The minimum absolute atomic E-state index is 0.00771. The fourth-order valence-corrected chi connectivity index (χ4v) is 7.07. The molecule has 1 saturated heterocycles. The Kier molecular flexibility index (Phi) is 10.7. The van der Waals surface area contributed by atoms with Crippen LogP contribution in [0.15, 0.2) is 59.9 Å². The maximum absolute atomic E-state index is 14.6. The molecule has 1 saturated carbocycles. The summed E-state index contributed by atoms with van der Waals surface area (Å²) in [7, 11) is 0. The Bertz CT molecular complexity index is 1900. The number of Topliss-reactive ketones (excluding diaryl/α,β-unsaturated/α-hetero) is 1. The number of aryl methyl sites for hydroxylation is 1. The summed E-state index contributed by atoms with van der Waals surface area (Å²) < 4.78 is 1.75. The van der Waals surface area contributed by atoms with Gasteiger partial charge in [0.2, 0.25) is 23.5 Å². The van der Waals surface area contributed by atoms with Gasteiger partial charge in [0.15, 0.2) is 5.60 Å². The minimum Gasteiger partial charge on any atom is -0.387 e. The number of fused-ring (bicyclic) bond motifs is 1. The van der Waals surface area contributed by atoms with Crippen LogP contribution in [0.3, 0.4) is 0 Å². The number of amides is 4. The summed E-state index contributed by atoms with van der Waals surface area (Å²) >= 11 is 6.26. The van der Waals surface area contributed by atoms with Crippen LogP contribution in [0.2, 0.25) is 5.02 Å². The summed E-state index contributed by atoms with van der Waals surface area (Å²) in [5, 5.41) is 18.7. The summed E-state index contributed by atoms with van der Waals surface area (Å²) in [5.74, 6) is -2.84. The number of halogens is 1. The van der Waals surface area contributed by atoms with Crippen molar-refractivity contribution in [3.05, 3.63) is 65.3 Å². The van der Waals surface area contributed by atoms with Crippen LogP contribution >= 0.6 is 11.6 Å². The monoisotopic (exact) mass is 731 g/mol. The lowest BCUT2D eigenvalue weighted by Crippen LogP contribution is -2.59. The highest BCUT2D eigenvalue weighted by Gasteiger charge is 2.55. The van der Waals surface area contributed by atoms with Gasteiger partial charge in [-0.3, -0.25) is 28.7 Å². The molecule has 1 spiro atoms. The van der Waals surface area contributed by atoms with E-state index < -0.39 is 52.6 Å². The molecule has 1 aliphatic carbocycles. The van der Waals surface area contributed by atoms with Crippen LogP contribution in [0.1, 0.15) is 78.2 Å². The molecule has 276 valence electrons. The van der Waals surface area contributed by atoms with Gasteiger partial charge in [-0.25, -0.2) is 0 Å². The molecule has 3 heterocycles. The Hall–Kier alpha value is -4.78. The van der Waals surface area contributed by atoms with Gasteiger partial charge >= 0.3 is 0 Å². The topological polar surface area (TPSA) is 164 Å². The third-order valence-electron chi connectivity index (χ3n) is 9.85. The molecule has 3 aliphatic rings. The Morgan fingerprint density at radius 2 is 1.83 bits per heavy atom. The summed E-state index contributed by atoms with van der Waals surface area (Å²) in [6, 6.07) is 11.7. The largest absolute Gasteiger partial charge is 0.387 e. The van der Waals surface area contributed by atoms with Crippen LogP contribution in [0, 0.1) is 5.41 Å². The molecule has 3 N–H and O–H groups in total. The summed E-state index contributed by atoms with van der Waals surface area (Å²) in [6.07, 6.45) is 4.61. The zero-order valence-electron chi connectivity index (χ0n) is 30.0. The highest BCUT2D eigenvalue weighted by molar-refractivity contribution is 6.38. The number of benzene rings is 2. The van der Waals surface area contributed by atoms with Crippen LogP contribution in [0.5, 0.6) is 0 Å². The molecular weight excluding hydrogens is 686 g/mol. The first-order valence-electron chi connectivity index (χ1n) is 17.9. The quantitative estimate of drug-likeness (QED) is 0.225. The molecular formula is C38H46ClN7O6. The second-order valence-corrected chi connectivity index (χ2v) is 15.6. The predicted molar refractivity (Wildman–Crippen MR) is 195 cm³/mol. The number of carbonyl (C=O) groups is 5. The van der Waals surface area contributed by atoms with Gasteiger partial charge in [-0.15, -0.1) is 0 Å². The Labute approximate surface area is 307 Å². The molecule has 3 aromatic rings. The second kappa shape index (κ2) is 15.1. The van der Waals surface area contributed by atoms with Crippen LogP contribution in [0.25, 0.3) is 10.9 Å². The van der Waals surface area contributed by atoms with E-state index >= 15 is 0 Å². The molecule has 1 aromatic heterocycles. The van der Waals surface area contributed by atoms with Gasteiger partial charge in [0.1, 0.15) is 12.1 Å². The average molecular weight is 732 g/mol. The highest BCUT2D eigenvalue weighted by Crippen LogP contribution is 2.40. The summed E-state index contributed by atoms with van der Waals surface area (Å²) in [4.78, 5) is 75.7. The Balaban J connectivity index is 1.22. The van der Waals surface area contributed by atoms with E-state index in [2.05, 4.69) is 26.2 Å². The number of oxime groups is 1. The maximum Gasteiger partial charge on any atom is 0.289 e. The molecule has 14 heteroatoms. The van der Waals surface area contributed by atoms with Gasteiger partial charge in [0.05, 0.1) is 36.6 Å². The molecule has 0 unspecified atom stereocenters. The molecule has 6 rings (SSSR count). The zero-order chi connectivity index (χ0) is 37.2. The van der Waals surface area contributed by atoms with Gasteiger partial charge in [-0.1, -0.05) is 81.2 Å². The van der Waals surface area contributed by atoms with Crippen molar-refractivity contribution in [3.8, 4) is 0 Å². The van der Waals surface area contributed by atoms with E-state index in [0.29, 0.717) is 30.1 Å². The minimum atomic E-state index is -1.07. The lowest BCUT2D eigenvalue weighted by atomic mass is 9.85. The molecule has 0 radical (unpaired) electrons. The van der Waals surface area contributed by atoms with Crippen molar-refractivity contribution in [1.82, 2.24) is 30.6 Å². The van der Waals surface area contributed by atoms with Crippen molar-refractivity contribution in [2.24, 2.45) is 10.6 Å². The number of rotatable bonds is 13. The van der Waals surface area contributed by atoms with Gasteiger partial charge in [-0.05, 0) is 42.9 Å². The fourth-order valence-electron chi connectivity index (χ4n) is 6.88. The number of carbonyl (C=O) groups excluding carboxylic acids is 5. The van der Waals surface area contributed by atoms with E-state index in [1.807, 2.05) is 64.1 Å². The first kappa shape index (κ1) is 37.0. The highest BCUT2D eigenvalue weighted by atomic mass is 35.5. The average Bonchev–Trinajstić information content (AvgIpc) is 3.50. The number of hydrogen-bond acceptors (Lipinski definition) is 8. The van der Waals surface area contributed by atoms with Crippen molar-refractivity contribution in [2.45, 2.75) is 109 Å². The van der Waals surface area contributed by atoms with Gasteiger partial charge in [0.25, 0.3) is 5.91 Å².